The van der Waals surface area contributed by atoms with Gasteiger partial charge < -0.3 is 10.4 Å². The Bertz CT molecular complexity index is 833. The Kier molecular flexibility index (Phi) is 5.27. The molecule has 1 aliphatic heterocycles. The van der Waals surface area contributed by atoms with E-state index in [1.165, 1.54) is 23.9 Å². The van der Waals surface area contributed by atoms with Gasteiger partial charge in [-0.25, -0.2) is 0 Å². The van der Waals surface area contributed by atoms with Crippen LogP contribution in [0.4, 0.5) is 5.69 Å². The van der Waals surface area contributed by atoms with Crippen LogP contribution < -0.4 is 5.32 Å². The zero-order chi connectivity index (χ0) is 18.7. The van der Waals surface area contributed by atoms with Crippen molar-refractivity contribution < 1.29 is 19.5 Å². The van der Waals surface area contributed by atoms with Gasteiger partial charge in [0.2, 0.25) is 5.91 Å². The molecule has 2 aromatic rings. The fraction of sp³-hybridized carbons (Fsp3) is 0.211. The maximum atomic E-state index is 12.8. The quantitative estimate of drug-likeness (QED) is 0.764. The summed E-state index contributed by atoms with van der Waals surface area (Å²) in [5.41, 5.74) is 1.04. The van der Waals surface area contributed by atoms with Gasteiger partial charge in [0, 0.05) is 11.8 Å². The summed E-state index contributed by atoms with van der Waals surface area (Å²) in [5.74, 6) is -0.736. The highest BCUT2D eigenvalue weighted by Crippen LogP contribution is 2.27. The molecule has 1 atom stereocenters. The van der Waals surface area contributed by atoms with E-state index in [2.05, 4.69) is 5.32 Å². The molecule has 134 valence electrons. The fourth-order valence-electron chi connectivity index (χ4n) is 2.91. The summed E-state index contributed by atoms with van der Waals surface area (Å²) >= 11 is 1.53. The fourth-order valence-corrected chi connectivity index (χ4v) is 3.37. The molecule has 0 saturated carbocycles. The molecule has 1 aliphatic rings. The number of phenols is 1. The number of phenolic OH excluding ortho intramolecular Hbond substituents is 1. The molecule has 7 heteroatoms. The summed E-state index contributed by atoms with van der Waals surface area (Å²) in [6, 6.07) is 11.8. The van der Waals surface area contributed by atoms with Gasteiger partial charge in [-0.05, 0) is 42.7 Å². The van der Waals surface area contributed by atoms with E-state index >= 15 is 0 Å². The second-order valence-electron chi connectivity index (χ2n) is 5.86. The average molecular weight is 370 g/mol. The van der Waals surface area contributed by atoms with Crippen LogP contribution in [0, 0.1) is 0 Å². The minimum absolute atomic E-state index is 0.0178. The number of thioether (sulfide) groups is 1. The highest BCUT2D eigenvalue weighted by molar-refractivity contribution is 7.98. The lowest BCUT2D eigenvalue weighted by atomic mass is 10.1. The third-order valence-corrected chi connectivity index (χ3v) is 4.79. The lowest BCUT2D eigenvalue weighted by Crippen LogP contribution is -2.47. The second-order valence-corrected chi connectivity index (χ2v) is 6.85. The summed E-state index contributed by atoms with van der Waals surface area (Å²) in [5, 5.41) is 12.2. The van der Waals surface area contributed by atoms with Crippen LogP contribution in [-0.2, 0) is 4.79 Å². The molecule has 3 rings (SSSR count). The highest BCUT2D eigenvalue weighted by atomic mass is 32.2. The minimum Gasteiger partial charge on any atom is -0.508 e. The summed E-state index contributed by atoms with van der Waals surface area (Å²) in [4.78, 5) is 39.3. The average Bonchev–Trinajstić information content (AvgIpc) is 2.87. The van der Waals surface area contributed by atoms with Crippen LogP contribution in [0.1, 0.15) is 27.1 Å². The number of amides is 3. The first-order valence-corrected chi connectivity index (χ1v) is 9.48. The second kappa shape index (κ2) is 7.61. The lowest BCUT2D eigenvalue weighted by molar-refractivity contribution is -0.120. The van der Waals surface area contributed by atoms with Gasteiger partial charge >= 0.3 is 0 Å². The number of hydrogen-bond acceptors (Lipinski definition) is 5. The molecule has 1 heterocycles. The maximum absolute atomic E-state index is 12.8. The first-order valence-electron chi connectivity index (χ1n) is 8.08. The van der Waals surface area contributed by atoms with Crippen molar-refractivity contribution in [2.24, 2.45) is 0 Å². The number of hydrogen-bond donors (Lipinski definition) is 2. The van der Waals surface area contributed by atoms with Crippen molar-refractivity contribution in [3.8, 4) is 5.75 Å². The van der Waals surface area contributed by atoms with Crippen LogP contribution in [0.25, 0.3) is 0 Å². The predicted octanol–water partition coefficient (Wildman–Crippen LogP) is 2.75. The van der Waals surface area contributed by atoms with Crippen molar-refractivity contribution in [1.29, 1.82) is 0 Å². The number of carbonyl (C=O) groups excluding carboxylic acids is 3. The van der Waals surface area contributed by atoms with Gasteiger partial charge in [-0.3, -0.25) is 19.3 Å². The Morgan fingerprint density at radius 1 is 1.12 bits per heavy atom. The Morgan fingerprint density at radius 3 is 2.35 bits per heavy atom. The van der Waals surface area contributed by atoms with E-state index in [1.807, 2.05) is 6.26 Å². The standard InChI is InChI=1S/C19H18N2O4S/c1-26-10-9-16(17(23)20-12-5-4-6-13(22)11-12)21-18(24)14-7-2-3-8-15(14)19(21)25/h2-8,11,16,22H,9-10H2,1H3,(H,20,23). The summed E-state index contributed by atoms with van der Waals surface area (Å²) in [6.07, 6.45) is 2.24. The van der Waals surface area contributed by atoms with Crippen LogP contribution in [-0.4, -0.2) is 45.8 Å². The molecule has 6 nitrogen and oxygen atoms in total. The van der Waals surface area contributed by atoms with Crippen molar-refractivity contribution in [3.63, 3.8) is 0 Å². The normalized spacial score (nSPS) is 14.3. The number of rotatable bonds is 6. The number of nitrogens with zero attached hydrogens (tertiary/aromatic N) is 1. The number of carbonyl (C=O) groups is 3. The number of anilines is 1. The van der Waals surface area contributed by atoms with Crippen molar-refractivity contribution >= 4 is 35.2 Å². The molecule has 1 unspecified atom stereocenters. The van der Waals surface area contributed by atoms with E-state index in [1.54, 1.807) is 36.4 Å². The van der Waals surface area contributed by atoms with E-state index in [0.29, 0.717) is 29.0 Å². The Balaban J connectivity index is 1.88. The smallest absolute Gasteiger partial charge is 0.262 e. The van der Waals surface area contributed by atoms with Crippen LogP contribution in [0.3, 0.4) is 0 Å². The zero-order valence-electron chi connectivity index (χ0n) is 14.1. The van der Waals surface area contributed by atoms with E-state index in [9.17, 15) is 19.5 Å². The van der Waals surface area contributed by atoms with Gasteiger partial charge in [0.25, 0.3) is 11.8 Å². The molecule has 0 saturated heterocycles. The monoisotopic (exact) mass is 370 g/mol. The van der Waals surface area contributed by atoms with Crippen LogP contribution in [0.5, 0.6) is 5.75 Å². The predicted molar refractivity (Wildman–Crippen MR) is 100 cm³/mol. The number of benzene rings is 2. The summed E-state index contributed by atoms with van der Waals surface area (Å²) in [7, 11) is 0. The molecular weight excluding hydrogens is 352 g/mol. The third-order valence-electron chi connectivity index (χ3n) is 4.15. The van der Waals surface area contributed by atoms with Crippen LogP contribution in [0.2, 0.25) is 0 Å². The van der Waals surface area contributed by atoms with Crippen molar-refractivity contribution in [2.75, 3.05) is 17.3 Å². The molecule has 0 aromatic heterocycles. The number of aromatic hydroxyl groups is 1. The highest BCUT2D eigenvalue weighted by Gasteiger charge is 2.42. The molecule has 0 spiro atoms. The summed E-state index contributed by atoms with van der Waals surface area (Å²) < 4.78 is 0. The van der Waals surface area contributed by atoms with Gasteiger partial charge in [-0.1, -0.05) is 18.2 Å². The van der Waals surface area contributed by atoms with E-state index < -0.39 is 23.8 Å². The SMILES string of the molecule is CSCCC(C(=O)Nc1cccc(O)c1)N1C(=O)c2ccccc2C1=O. The van der Waals surface area contributed by atoms with Crippen molar-refractivity contribution in [3.05, 3.63) is 59.7 Å². The molecule has 0 bridgehead atoms. The first-order chi connectivity index (χ1) is 12.5. The molecule has 26 heavy (non-hydrogen) atoms. The Morgan fingerprint density at radius 2 is 1.77 bits per heavy atom. The van der Waals surface area contributed by atoms with E-state index in [-0.39, 0.29) is 5.75 Å². The van der Waals surface area contributed by atoms with E-state index in [4.69, 9.17) is 0 Å². The van der Waals surface area contributed by atoms with Gasteiger partial charge in [0.05, 0.1) is 11.1 Å². The molecule has 0 radical (unpaired) electrons. The largest absolute Gasteiger partial charge is 0.508 e. The molecule has 0 fully saturated rings. The zero-order valence-corrected chi connectivity index (χ0v) is 15.0. The van der Waals surface area contributed by atoms with Gasteiger partial charge in [-0.15, -0.1) is 0 Å². The molecular formula is C19H18N2O4S. The molecule has 0 aliphatic carbocycles. The molecule has 2 aromatic carbocycles. The van der Waals surface area contributed by atoms with Gasteiger partial charge in [0.15, 0.2) is 0 Å². The lowest BCUT2D eigenvalue weighted by Gasteiger charge is -2.25. The molecule has 2 N–H and O–H groups in total. The summed E-state index contributed by atoms with van der Waals surface area (Å²) in [6.45, 7) is 0. The topological polar surface area (TPSA) is 86.7 Å². The van der Waals surface area contributed by atoms with E-state index in [0.717, 1.165) is 4.90 Å². The number of imide groups is 1. The minimum atomic E-state index is -0.919. The number of fused-ring (bicyclic) bond motifs is 1. The third kappa shape index (κ3) is 3.43. The van der Waals surface area contributed by atoms with Crippen molar-refractivity contribution in [2.45, 2.75) is 12.5 Å². The van der Waals surface area contributed by atoms with Gasteiger partial charge in [0.1, 0.15) is 11.8 Å². The van der Waals surface area contributed by atoms with Crippen LogP contribution in [0.15, 0.2) is 48.5 Å². The first kappa shape index (κ1) is 18.0. The molecule has 3 amide bonds. The Labute approximate surface area is 155 Å². The Hall–Kier alpha value is -2.80. The number of nitrogens with one attached hydrogen (secondary N) is 1. The van der Waals surface area contributed by atoms with Crippen LogP contribution >= 0.6 is 11.8 Å². The van der Waals surface area contributed by atoms with Gasteiger partial charge in [-0.2, -0.15) is 11.8 Å². The maximum Gasteiger partial charge on any atom is 0.262 e. The van der Waals surface area contributed by atoms with Crippen molar-refractivity contribution in [1.82, 2.24) is 4.90 Å².